The van der Waals surface area contributed by atoms with Crippen LogP contribution in [0.1, 0.15) is 10.4 Å². The summed E-state index contributed by atoms with van der Waals surface area (Å²) in [6.45, 7) is 3.37. The molecule has 1 aromatic heterocycles. The number of rotatable bonds is 2. The number of fused-ring (bicyclic) bond motifs is 1. The average molecular weight is 278 g/mol. The van der Waals surface area contributed by atoms with Gasteiger partial charge in [0.05, 0.1) is 18.2 Å². The molecule has 1 aliphatic rings. The van der Waals surface area contributed by atoms with Gasteiger partial charge in [0, 0.05) is 26.2 Å². The molecule has 7 heteroatoms. The predicted octanol–water partition coefficient (Wildman–Crippen LogP) is 0.898. The number of H-pyrrole nitrogens is 1. The number of benzene rings is 1. The van der Waals surface area contributed by atoms with Crippen molar-refractivity contribution in [3.05, 3.63) is 23.5 Å². The lowest BCUT2D eigenvalue weighted by molar-refractivity contribution is 0.0602. The Morgan fingerprint density at radius 2 is 2.15 bits per heavy atom. The fourth-order valence-corrected chi connectivity index (χ4v) is 2.36. The number of aromatic amines is 1. The minimum Gasteiger partial charge on any atom is -0.465 e. The van der Waals surface area contributed by atoms with Crippen LogP contribution < -0.4 is 10.2 Å². The third kappa shape index (κ3) is 2.20. The SMILES string of the molecule is COC(=O)c1cc(F)cc2[nH]c(N3CCNCC3)nc12. The van der Waals surface area contributed by atoms with Gasteiger partial charge in [0.15, 0.2) is 0 Å². The van der Waals surface area contributed by atoms with E-state index in [1.807, 2.05) is 0 Å². The molecule has 0 bridgehead atoms. The summed E-state index contributed by atoms with van der Waals surface area (Å²) in [5, 5.41) is 3.25. The van der Waals surface area contributed by atoms with Crippen molar-refractivity contribution in [1.82, 2.24) is 15.3 Å². The molecule has 106 valence electrons. The molecule has 20 heavy (non-hydrogen) atoms. The largest absolute Gasteiger partial charge is 0.465 e. The molecule has 0 atom stereocenters. The Labute approximate surface area is 114 Å². The third-order valence-electron chi connectivity index (χ3n) is 3.36. The molecule has 0 aliphatic carbocycles. The Hall–Kier alpha value is -2.15. The number of anilines is 1. The van der Waals surface area contributed by atoms with Gasteiger partial charge in [-0.25, -0.2) is 14.2 Å². The lowest BCUT2D eigenvalue weighted by Crippen LogP contribution is -2.44. The summed E-state index contributed by atoms with van der Waals surface area (Å²) in [6, 6.07) is 2.48. The number of ether oxygens (including phenoxy) is 1. The van der Waals surface area contributed by atoms with Gasteiger partial charge in [-0.3, -0.25) is 0 Å². The van der Waals surface area contributed by atoms with Gasteiger partial charge in [-0.15, -0.1) is 0 Å². The zero-order valence-electron chi connectivity index (χ0n) is 11.1. The van der Waals surface area contributed by atoms with Crippen LogP contribution in [-0.4, -0.2) is 49.2 Å². The Morgan fingerprint density at radius 1 is 1.40 bits per heavy atom. The van der Waals surface area contributed by atoms with Crippen molar-refractivity contribution in [2.45, 2.75) is 0 Å². The molecule has 1 fully saturated rings. The van der Waals surface area contributed by atoms with Crippen molar-refractivity contribution in [2.24, 2.45) is 0 Å². The maximum Gasteiger partial charge on any atom is 0.340 e. The first-order valence-electron chi connectivity index (χ1n) is 6.42. The van der Waals surface area contributed by atoms with E-state index in [1.54, 1.807) is 0 Å². The molecule has 1 aliphatic heterocycles. The highest BCUT2D eigenvalue weighted by molar-refractivity contribution is 6.02. The average Bonchev–Trinajstić information content (AvgIpc) is 2.90. The molecule has 2 aromatic rings. The van der Waals surface area contributed by atoms with Gasteiger partial charge < -0.3 is 19.9 Å². The second-order valence-corrected chi connectivity index (χ2v) is 4.64. The number of piperazine rings is 1. The summed E-state index contributed by atoms with van der Waals surface area (Å²) in [5.74, 6) is -0.432. The maximum absolute atomic E-state index is 13.6. The van der Waals surface area contributed by atoms with Crippen LogP contribution in [0.3, 0.4) is 0 Å². The number of methoxy groups -OCH3 is 1. The molecule has 6 nitrogen and oxygen atoms in total. The number of esters is 1. The van der Waals surface area contributed by atoms with E-state index >= 15 is 0 Å². The smallest absolute Gasteiger partial charge is 0.340 e. The number of hydrogen-bond donors (Lipinski definition) is 2. The van der Waals surface area contributed by atoms with Crippen LogP contribution in [0.2, 0.25) is 0 Å². The van der Waals surface area contributed by atoms with Gasteiger partial charge in [-0.2, -0.15) is 0 Å². The standard InChI is InChI=1S/C13H15FN4O2/c1-20-12(19)9-6-8(14)7-10-11(9)17-13(16-10)18-4-2-15-3-5-18/h6-7,15H,2-5H2,1H3,(H,16,17). The highest BCUT2D eigenvalue weighted by Gasteiger charge is 2.19. The van der Waals surface area contributed by atoms with Crippen LogP contribution in [0.4, 0.5) is 10.3 Å². The molecule has 0 radical (unpaired) electrons. The summed E-state index contributed by atoms with van der Waals surface area (Å²) in [5.41, 5.74) is 1.07. The molecular formula is C13H15FN4O2. The highest BCUT2D eigenvalue weighted by atomic mass is 19.1. The minimum absolute atomic E-state index is 0.139. The van der Waals surface area contributed by atoms with Crippen LogP contribution >= 0.6 is 0 Å². The molecule has 0 spiro atoms. The second-order valence-electron chi connectivity index (χ2n) is 4.64. The maximum atomic E-state index is 13.6. The number of imidazole rings is 1. The lowest BCUT2D eigenvalue weighted by atomic mass is 10.2. The van der Waals surface area contributed by atoms with Gasteiger partial charge in [0.1, 0.15) is 11.3 Å². The van der Waals surface area contributed by atoms with Crippen LogP contribution in [0.5, 0.6) is 0 Å². The van der Waals surface area contributed by atoms with Crippen LogP contribution in [0.25, 0.3) is 11.0 Å². The van der Waals surface area contributed by atoms with Gasteiger partial charge in [0.25, 0.3) is 0 Å². The number of hydrogen-bond acceptors (Lipinski definition) is 5. The molecule has 3 rings (SSSR count). The molecule has 0 amide bonds. The van der Waals surface area contributed by atoms with Crippen molar-refractivity contribution < 1.29 is 13.9 Å². The molecule has 2 heterocycles. The van der Waals surface area contributed by atoms with E-state index in [-0.39, 0.29) is 5.56 Å². The fourth-order valence-electron chi connectivity index (χ4n) is 2.36. The Balaban J connectivity index is 2.07. The summed E-state index contributed by atoms with van der Waals surface area (Å²) in [7, 11) is 1.27. The zero-order chi connectivity index (χ0) is 14.1. The summed E-state index contributed by atoms with van der Waals surface area (Å²) in [6.07, 6.45) is 0. The quantitative estimate of drug-likeness (QED) is 0.799. The predicted molar refractivity (Wildman–Crippen MR) is 72.5 cm³/mol. The molecule has 1 aromatic carbocycles. The molecule has 2 N–H and O–H groups in total. The minimum atomic E-state index is -0.590. The lowest BCUT2D eigenvalue weighted by Gasteiger charge is -2.26. The van der Waals surface area contributed by atoms with Crippen LogP contribution in [0, 0.1) is 5.82 Å². The topological polar surface area (TPSA) is 70.2 Å². The Morgan fingerprint density at radius 3 is 2.85 bits per heavy atom. The van der Waals surface area contributed by atoms with E-state index in [4.69, 9.17) is 0 Å². The van der Waals surface area contributed by atoms with E-state index in [2.05, 4.69) is 24.9 Å². The van der Waals surface area contributed by atoms with Crippen molar-refractivity contribution in [3.8, 4) is 0 Å². The van der Waals surface area contributed by atoms with E-state index in [0.717, 1.165) is 32.2 Å². The van der Waals surface area contributed by atoms with E-state index in [9.17, 15) is 9.18 Å². The molecular weight excluding hydrogens is 263 g/mol. The number of carbonyl (C=O) groups excluding carboxylic acids is 1. The number of carbonyl (C=O) groups is 1. The second kappa shape index (κ2) is 5.09. The molecule has 1 saturated heterocycles. The van der Waals surface area contributed by atoms with Crippen molar-refractivity contribution in [3.63, 3.8) is 0 Å². The highest BCUT2D eigenvalue weighted by Crippen LogP contribution is 2.23. The monoisotopic (exact) mass is 278 g/mol. The number of aromatic nitrogens is 2. The molecule has 0 saturated carbocycles. The van der Waals surface area contributed by atoms with Crippen molar-refractivity contribution in [2.75, 3.05) is 38.2 Å². The molecule has 0 unspecified atom stereocenters. The first-order chi connectivity index (χ1) is 9.69. The first-order valence-corrected chi connectivity index (χ1v) is 6.42. The summed E-state index contributed by atoms with van der Waals surface area (Å²) < 4.78 is 18.2. The summed E-state index contributed by atoms with van der Waals surface area (Å²) >= 11 is 0. The van der Waals surface area contributed by atoms with Crippen molar-refractivity contribution >= 4 is 23.0 Å². The number of halogens is 1. The van der Waals surface area contributed by atoms with Crippen molar-refractivity contribution in [1.29, 1.82) is 0 Å². The van der Waals surface area contributed by atoms with E-state index in [0.29, 0.717) is 17.0 Å². The first kappa shape index (κ1) is 12.9. The Bertz CT molecular complexity index is 649. The van der Waals surface area contributed by atoms with Crippen LogP contribution in [0.15, 0.2) is 12.1 Å². The van der Waals surface area contributed by atoms with E-state index < -0.39 is 11.8 Å². The zero-order valence-corrected chi connectivity index (χ0v) is 11.1. The Kier molecular flexibility index (Phi) is 3.27. The summed E-state index contributed by atoms with van der Waals surface area (Å²) in [4.78, 5) is 21.3. The fraction of sp³-hybridized carbons (Fsp3) is 0.385. The number of nitrogens with one attached hydrogen (secondary N) is 2. The normalized spacial score (nSPS) is 15.6. The van der Waals surface area contributed by atoms with Gasteiger partial charge >= 0.3 is 5.97 Å². The third-order valence-corrected chi connectivity index (χ3v) is 3.36. The van der Waals surface area contributed by atoms with Gasteiger partial charge in [0.2, 0.25) is 5.95 Å². The van der Waals surface area contributed by atoms with Gasteiger partial charge in [-0.1, -0.05) is 0 Å². The van der Waals surface area contributed by atoms with Gasteiger partial charge in [-0.05, 0) is 12.1 Å². The number of nitrogens with zero attached hydrogens (tertiary/aromatic N) is 2. The van der Waals surface area contributed by atoms with E-state index in [1.165, 1.54) is 13.2 Å². The van der Waals surface area contributed by atoms with Crippen LogP contribution in [-0.2, 0) is 4.74 Å².